The Hall–Kier alpha value is -0.140. The zero-order chi connectivity index (χ0) is 17.0. The van der Waals surface area contributed by atoms with Crippen LogP contribution >= 0.6 is 35.3 Å². The average molecular weight is 372 g/mol. The molecule has 1 heterocycles. The van der Waals surface area contributed by atoms with Crippen molar-refractivity contribution in [1.82, 2.24) is 4.90 Å². The summed E-state index contributed by atoms with van der Waals surface area (Å²) in [6.07, 6.45) is 6.23. The Kier molecular flexibility index (Phi) is 6.92. The molecule has 1 aliphatic heterocycles. The zero-order valence-corrected chi connectivity index (χ0v) is 16.9. The molecule has 1 aromatic carbocycles. The van der Waals surface area contributed by atoms with Crippen molar-refractivity contribution in [2.24, 2.45) is 0 Å². The average Bonchev–Trinajstić information content (AvgIpc) is 2.60. The second-order valence-corrected chi connectivity index (χ2v) is 8.41. The topological polar surface area (TPSA) is 29.5 Å². The lowest BCUT2D eigenvalue weighted by Crippen LogP contribution is -2.54. The molecular formula is C17H25NO2S3. The van der Waals surface area contributed by atoms with Crippen LogP contribution in [0.1, 0.15) is 24.2 Å². The molecule has 23 heavy (non-hydrogen) atoms. The molecule has 1 saturated heterocycles. The fourth-order valence-electron chi connectivity index (χ4n) is 2.83. The number of thioether (sulfide) groups is 3. The van der Waals surface area contributed by atoms with E-state index in [0.717, 1.165) is 18.7 Å². The Morgan fingerprint density at radius 3 is 2.00 bits per heavy atom. The number of Topliss-reactive ketones (excluding diaryl/α,β-unsaturated/α-hetero) is 1. The van der Waals surface area contributed by atoms with Crippen molar-refractivity contribution in [2.45, 2.75) is 34.1 Å². The van der Waals surface area contributed by atoms with E-state index >= 15 is 0 Å². The predicted molar refractivity (Wildman–Crippen MR) is 103 cm³/mol. The lowest BCUT2D eigenvalue weighted by Gasteiger charge is -2.39. The Morgan fingerprint density at radius 2 is 1.57 bits per heavy atom. The molecule has 0 radical (unpaired) electrons. The van der Waals surface area contributed by atoms with E-state index in [-0.39, 0.29) is 5.78 Å². The first-order chi connectivity index (χ1) is 11.0. The maximum atomic E-state index is 13.2. The van der Waals surface area contributed by atoms with Gasteiger partial charge in [0.2, 0.25) is 0 Å². The number of hydrogen-bond donors (Lipinski definition) is 0. The fourth-order valence-corrected chi connectivity index (χ4v) is 5.50. The molecule has 0 unspecified atom stereocenters. The van der Waals surface area contributed by atoms with E-state index in [1.54, 1.807) is 35.3 Å². The molecule has 0 saturated carbocycles. The van der Waals surface area contributed by atoms with Gasteiger partial charge in [0.15, 0.2) is 5.78 Å². The van der Waals surface area contributed by atoms with Crippen LogP contribution in [0.5, 0.6) is 0 Å². The third kappa shape index (κ3) is 4.10. The number of ether oxygens (including phenoxy) is 1. The summed E-state index contributed by atoms with van der Waals surface area (Å²) in [4.78, 5) is 19.1. The van der Waals surface area contributed by atoms with Crippen LogP contribution in [0.15, 0.2) is 26.8 Å². The number of nitrogens with zero attached hydrogens (tertiary/aromatic N) is 1. The molecule has 3 nitrogen and oxygen atoms in total. The van der Waals surface area contributed by atoms with Gasteiger partial charge in [-0.3, -0.25) is 9.69 Å². The highest BCUT2D eigenvalue weighted by atomic mass is 32.2. The summed E-state index contributed by atoms with van der Waals surface area (Å²) in [5.41, 5.74) is 0.309. The summed E-state index contributed by atoms with van der Waals surface area (Å²) in [5, 5.41) is 0. The van der Waals surface area contributed by atoms with Crippen LogP contribution in [-0.2, 0) is 4.74 Å². The summed E-state index contributed by atoms with van der Waals surface area (Å²) in [6, 6.07) is 4.11. The third-order valence-electron chi connectivity index (χ3n) is 4.28. The monoisotopic (exact) mass is 371 g/mol. The number of hydrogen-bond acceptors (Lipinski definition) is 6. The lowest BCUT2D eigenvalue weighted by atomic mass is 9.91. The Bertz CT molecular complexity index is 544. The highest BCUT2D eigenvalue weighted by molar-refractivity contribution is 8.03. The highest BCUT2D eigenvalue weighted by Crippen LogP contribution is 2.38. The van der Waals surface area contributed by atoms with Crippen LogP contribution < -0.4 is 0 Å². The molecule has 0 amide bonds. The molecule has 2 rings (SSSR count). The summed E-state index contributed by atoms with van der Waals surface area (Å²) >= 11 is 5.16. The molecule has 1 fully saturated rings. The normalized spacial score (nSPS) is 16.6. The molecule has 6 heteroatoms. The maximum Gasteiger partial charge on any atom is 0.182 e. The van der Waals surface area contributed by atoms with E-state index in [0.29, 0.717) is 13.2 Å². The SMILES string of the molecule is CSc1cc(C(=O)C(C)(C)N2CCOCC2)cc(SC)c1SC. The second-order valence-electron chi connectivity index (χ2n) is 5.90. The molecular weight excluding hydrogens is 346 g/mol. The van der Waals surface area contributed by atoms with Gasteiger partial charge in [0.05, 0.1) is 18.8 Å². The van der Waals surface area contributed by atoms with Crippen LogP contribution in [0.2, 0.25) is 0 Å². The smallest absolute Gasteiger partial charge is 0.182 e. The molecule has 0 N–H and O–H groups in total. The van der Waals surface area contributed by atoms with E-state index in [1.165, 1.54) is 14.7 Å². The van der Waals surface area contributed by atoms with Crippen LogP contribution in [0, 0.1) is 0 Å². The fraction of sp³-hybridized carbons (Fsp3) is 0.588. The minimum atomic E-state index is -0.504. The molecule has 1 aromatic rings. The molecule has 0 aliphatic carbocycles. The summed E-state index contributed by atoms with van der Waals surface area (Å²) in [7, 11) is 0. The highest BCUT2D eigenvalue weighted by Gasteiger charge is 2.36. The molecule has 0 bridgehead atoms. The predicted octanol–water partition coefficient (Wildman–Crippen LogP) is 4.15. The Labute approximate surface area is 152 Å². The van der Waals surface area contributed by atoms with Crippen molar-refractivity contribution in [3.8, 4) is 0 Å². The quantitative estimate of drug-likeness (QED) is 0.551. The van der Waals surface area contributed by atoms with Crippen LogP contribution in [0.3, 0.4) is 0 Å². The Morgan fingerprint density at radius 1 is 1.04 bits per heavy atom. The van der Waals surface area contributed by atoms with Gasteiger partial charge in [-0.25, -0.2) is 0 Å². The number of carbonyl (C=O) groups excluding carboxylic acids is 1. The third-order valence-corrected chi connectivity index (χ3v) is 6.91. The summed E-state index contributed by atoms with van der Waals surface area (Å²) in [6.45, 7) is 7.09. The number of rotatable bonds is 6. The van der Waals surface area contributed by atoms with Crippen LogP contribution in [0.4, 0.5) is 0 Å². The van der Waals surface area contributed by atoms with Gasteiger partial charge in [-0.05, 0) is 44.7 Å². The molecule has 0 aromatic heterocycles. The first-order valence-electron chi connectivity index (χ1n) is 7.63. The zero-order valence-electron chi connectivity index (χ0n) is 14.5. The van der Waals surface area contributed by atoms with E-state index in [1.807, 2.05) is 13.8 Å². The van der Waals surface area contributed by atoms with E-state index in [9.17, 15) is 4.79 Å². The molecule has 0 spiro atoms. The maximum absolute atomic E-state index is 13.2. The van der Waals surface area contributed by atoms with Crippen LogP contribution in [-0.4, -0.2) is 61.3 Å². The van der Waals surface area contributed by atoms with E-state index in [4.69, 9.17) is 4.74 Å². The van der Waals surface area contributed by atoms with Crippen molar-refractivity contribution in [3.05, 3.63) is 17.7 Å². The van der Waals surface area contributed by atoms with Gasteiger partial charge in [0.25, 0.3) is 0 Å². The molecule has 128 valence electrons. The van der Waals surface area contributed by atoms with E-state index < -0.39 is 5.54 Å². The molecule has 1 aliphatic rings. The number of benzene rings is 1. The van der Waals surface area contributed by atoms with E-state index in [2.05, 4.69) is 35.8 Å². The van der Waals surface area contributed by atoms with Crippen LogP contribution in [0.25, 0.3) is 0 Å². The van der Waals surface area contributed by atoms with Crippen molar-refractivity contribution < 1.29 is 9.53 Å². The second kappa shape index (κ2) is 8.30. The Balaban J connectivity index is 2.38. The van der Waals surface area contributed by atoms with Gasteiger partial charge in [-0.1, -0.05) is 0 Å². The van der Waals surface area contributed by atoms with Gasteiger partial charge in [-0.15, -0.1) is 35.3 Å². The largest absolute Gasteiger partial charge is 0.379 e. The van der Waals surface area contributed by atoms with Crippen molar-refractivity contribution in [1.29, 1.82) is 0 Å². The molecule has 0 atom stereocenters. The number of ketones is 1. The summed E-state index contributed by atoms with van der Waals surface area (Å²) in [5.74, 6) is 0.192. The number of carbonyl (C=O) groups is 1. The number of morpholine rings is 1. The lowest BCUT2D eigenvalue weighted by molar-refractivity contribution is -0.00431. The van der Waals surface area contributed by atoms with Crippen molar-refractivity contribution in [2.75, 3.05) is 45.1 Å². The first kappa shape index (κ1) is 19.2. The standard InChI is InChI=1S/C17H25NO2S3/c1-17(2,18-6-8-20-9-7-18)16(19)12-10-13(21-3)15(23-5)14(11-12)22-4/h10-11H,6-9H2,1-5H3. The van der Waals surface area contributed by atoms with Gasteiger partial charge in [0, 0.05) is 33.3 Å². The summed E-state index contributed by atoms with van der Waals surface area (Å²) < 4.78 is 5.42. The van der Waals surface area contributed by atoms with Gasteiger partial charge in [0.1, 0.15) is 0 Å². The minimum absolute atomic E-state index is 0.192. The van der Waals surface area contributed by atoms with Crippen molar-refractivity contribution >= 4 is 41.1 Å². The van der Waals surface area contributed by atoms with Gasteiger partial charge < -0.3 is 4.74 Å². The minimum Gasteiger partial charge on any atom is -0.379 e. The van der Waals surface area contributed by atoms with Gasteiger partial charge >= 0.3 is 0 Å². The van der Waals surface area contributed by atoms with Crippen molar-refractivity contribution in [3.63, 3.8) is 0 Å². The van der Waals surface area contributed by atoms with Gasteiger partial charge in [-0.2, -0.15) is 0 Å². The first-order valence-corrected chi connectivity index (χ1v) is 11.3.